The number of hydrogen-bond acceptors (Lipinski definition) is 1. The smallest absolute Gasteiger partial charge is 0.000824 e. The molecule has 0 saturated heterocycles. The number of unbranched alkanes of at least 4 members (excludes halogenated alkanes) is 1. The highest BCUT2D eigenvalue weighted by Gasteiger charge is 2.04. The normalized spacial score (nSPS) is 12.6. The van der Waals surface area contributed by atoms with Crippen LogP contribution in [0.3, 0.4) is 0 Å². The van der Waals surface area contributed by atoms with Gasteiger partial charge in [0.25, 0.3) is 0 Å². The number of nitrogens with one attached hydrogen (secondary N) is 1. The standard InChI is InChI=1S/C16H27N/c1-3-5-9-15(4-2)14-17-13-12-16-10-7-6-8-11-16/h6-8,10-11,15,17H,3-5,9,12-14H2,1-2H3. The number of hydrogen-bond donors (Lipinski definition) is 1. The lowest BCUT2D eigenvalue weighted by Gasteiger charge is -2.15. The highest BCUT2D eigenvalue weighted by Crippen LogP contribution is 2.11. The van der Waals surface area contributed by atoms with Crippen molar-refractivity contribution in [3.05, 3.63) is 35.9 Å². The van der Waals surface area contributed by atoms with E-state index in [9.17, 15) is 0 Å². The molecule has 1 heteroatoms. The third-order valence-corrected chi connectivity index (χ3v) is 3.41. The first-order valence-electron chi connectivity index (χ1n) is 7.11. The zero-order chi connectivity index (χ0) is 12.3. The monoisotopic (exact) mass is 233 g/mol. The van der Waals surface area contributed by atoms with E-state index < -0.39 is 0 Å². The summed E-state index contributed by atoms with van der Waals surface area (Å²) in [5.74, 6) is 0.866. The van der Waals surface area contributed by atoms with Gasteiger partial charge in [0.1, 0.15) is 0 Å². The lowest BCUT2D eigenvalue weighted by molar-refractivity contribution is 0.421. The van der Waals surface area contributed by atoms with Gasteiger partial charge in [0.2, 0.25) is 0 Å². The Hall–Kier alpha value is -0.820. The van der Waals surface area contributed by atoms with Crippen molar-refractivity contribution in [2.45, 2.75) is 46.0 Å². The van der Waals surface area contributed by atoms with Gasteiger partial charge in [0.15, 0.2) is 0 Å². The molecule has 0 aromatic heterocycles. The Morgan fingerprint density at radius 3 is 2.53 bits per heavy atom. The van der Waals surface area contributed by atoms with Crippen LogP contribution in [0.4, 0.5) is 0 Å². The summed E-state index contributed by atoms with van der Waals surface area (Å²) < 4.78 is 0. The fraction of sp³-hybridized carbons (Fsp3) is 0.625. The van der Waals surface area contributed by atoms with Gasteiger partial charge < -0.3 is 5.32 Å². The molecule has 96 valence electrons. The lowest BCUT2D eigenvalue weighted by Crippen LogP contribution is -2.24. The van der Waals surface area contributed by atoms with Crippen molar-refractivity contribution in [1.29, 1.82) is 0 Å². The topological polar surface area (TPSA) is 12.0 Å². The van der Waals surface area contributed by atoms with Gasteiger partial charge in [-0.1, -0.05) is 63.4 Å². The molecular formula is C16H27N. The fourth-order valence-electron chi connectivity index (χ4n) is 2.13. The third kappa shape index (κ3) is 6.48. The van der Waals surface area contributed by atoms with E-state index in [0.29, 0.717) is 0 Å². The summed E-state index contributed by atoms with van der Waals surface area (Å²) in [4.78, 5) is 0. The van der Waals surface area contributed by atoms with Crippen LogP contribution in [0.15, 0.2) is 30.3 Å². The summed E-state index contributed by atoms with van der Waals surface area (Å²) in [6.07, 6.45) is 6.52. The zero-order valence-corrected chi connectivity index (χ0v) is 11.4. The van der Waals surface area contributed by atoms with Crippen LogP contribution in [0.5, 0.6) is 0 Å². The van der Waals surface area contributed by atoms with Gasteiger partial charge in [0.05, 0.1) is 0 Å². The molecule has 1 atom stereocenters. The summed E-state index contributed by atoms with van der Waals surface area (Å²) in [6.45, 7) is 6.87. The zero-order valence-electron chi connectivity index (χ0n) is 11.4. The van der Waals surface area contributed by atoms with E-state index in [1.54, 1.807) is 0 Å². The lowest BCUT2D eigenvalue weighted by atomic mass is 9.99. The Kier molecular flexibility index (Phi) is 7.74. The Labute approximate surface area is 107 Å². The molecule has 1 N–H and O–H groups in total. The second kappa shape index (κ2) is 9.23. The molecule has 0 aliphatic carbocycles. The molecule has 0 bridgehead atoms. The van der Waals surface area contributed by atoms with Gasteiger partial charge in [0, 0.05) is 0 Å². The average molecular weight is 233 g/mol. The molecule has 0 heterocycles. The minimum atomic E-state index is 0.866. The van der Waals surface area contributed by atoms with Crippen molar-refractivity contribution in [3.63, 3.8) is 0 Å². The number of rotatable bonds is 9. The second-order valence-corrected chi connectivity index (χ2v) is 4.86. The van der Waals surface area contributed by atoms with E-state index in [4.69, 9.17) is 0 Å². The molecule has 0 aliphatic rings. The molecule has 1 aromatic rings. The summed E-state index contributed by atoms with van der Waals surface area (Å²) >= 11 is 0. The maximum atomic E-state index is 3.59. The van der Waals surface area contributed by atoms with Crippen LogP contribution >= 0.6 is 0 Å². The Morgan fingerprint density at radius 1 is 1.12 bits per heavy atom. The average Bonchev–Trinajstić information content (AvgIpc) is 2.39. The maximum Gasteiger partial charge on any atom is -0.000824 e. The first-order valence-corrected chi connectivity index (χ1v) is 7.11. The maximum absolute atomic E-state index is 3.59. The van der Waals surface area contributed by atoms with E-state index >= 15 is 0 Å². The summed E-state index contributed by atoms with van der Waals surface area (Å²) in [6, 6.07) is 10.7. The molecule has 1 rings (SSSR count). The molecule has 0 spiro atoms. The minimum Gasteiger partial charge on any atom is -0.316 e. The molecule has 0 fully saturated rings. The largest absolute Gasteiger partial charge is 0.316 e. The van der Waals surface area contributed by atoms with Gasteiger partial charge in [-0.3, -0.25) is 0 Å². The van der Waals surface area contributed by atoms with E-state index in [2.05, 4.69) is 49.5 Å². The highest BCUT2D eigenvalue weighted by molar-refractivity contribution is 5.14. The quantitative estimate of drug-likeness (QED) is 0.635. The van der Waals surface area contributed by atoms with Crippen molar-refractivity contribution in [1.82, 2.24) is 5.32 Å². The predicted octanol–water partition coefficient (Wildman–Crippen LogP) is 4.04. The van der Waals surface area contributed by atoms with Crippen molar-refractivity contribution >= 4 is 0 Å². The van der Waals surface area contributed by atoms with Crippen molar-refractivity contribution in [3.8, 4) is 0 Å². The summed E-state index contributed by atoms with van der Waals surface area (Å²) in [5, 5.41) is 3.59. The van der Waals surface area contributed by atoms with Crippen molar-refractivity contribution < 1.29 is 0 Å². The minimum absolute atomic E-state index is 0.866. The molecule has 1 aromatic carbocycles. The molecule has 0 saturated carbocycles. The van der Waals surface area contributed by atoms with Crippen LogP contribution in [0.1, 0.15) is 45.1 Å². The Bertz CT molecular complexity index is 268. The number of benzene rings is 1. The van der Waals surface area contributed by atoms with E-state index in [1.165, 1.54) is 37.8 Å². The summed E-state index contributed by atoms with van der Waals surface area (Å²) in [7, 11) is 0. The Balaban J connectivity index is 2.10. The second-order valence-electron chi connectivity index (χ2n) is 4.86. The first-order chi connectivity index (χ1) is 8.36. The van der Waals surface area contributed by atoms with Crippen LogP contribution in [0.25, 0.3) is 0 Å². The van der Waals surface area contributed by atoms with Crippen LogP contribution < -0.4 is 5.32 Å². The van der Waals surface area contributed by atoms with Gasteiger partial charge in [-0.25, -0.2) is 0 Å². The van der Waals surface area contributed by atoms with Crippen LogP contribution in [-0.2, 0) is 6.42 Å². The summed E-state index contributed by atoms with van der Waals surface area (Å²) in [5.41, 5.74) is 1.43. The molecule has 0 amide bonds. The third-order valence-electron chi connectivity index (χ3n) is 3.41. The van der Waals surface area contributed by atoms with Crippen molar-refractivity contribution in [2.24, 2.45) is 5.92 Å². The Morgan fingerprint density at radius 2 is 1.88 bits per heavy atom. The van der Waals surface area contributed by atoms with Gasteiger partial charge >= 0.3 is 0 Å². The van der Waals surface area contributed by atoms with E-state index in [1.807, 2.05) is 0 Å². The molecule has 1 nitrogen and oxygen atoms in total. The highest BCUT2D eigenvalue weighted by atomic mass is 14.8. The molecule has 0 radical (unpaired) electrons. The first kappa shape index (κ1) is 14.2. The van der Waals surface area contributed by atoms with Crippen LogP contribution in [0.2, 0.25) is 0 Å². The molecule has 1 unspecified atom stereocenters. The van der Waals surface area contributed by atoms with Gasteiger partial charge in [-0.2, -0.15) is 0 Å². The van der Waals surface area contributed by atoms with Gasteiger partial charge in [-0.05, 0) is 37.4 Å². The predicted molar refractivity (Wildman–Crippen MR) is 76.3 cm³/mol. The molecule has 17 heavy (non-hydrogen) atoms. The van der Waals surface area contributed by atoms with Crippen LogP contribution in [0, 0.1) is 5.92 Å². The van der Waals surface area contributed by atoms with Gasteiger partial charge in [-0.15, -0.1) is 0 Å². The molecular weight excluding hydrogens is 206 g/mol. The SMILES string of the molecule is CCCCC(CC)CNCCc1ccccc1. The van der Waals surface area contributed by atoms with Crippen LogP contribution in [-0.4, -0.2) is 13.1 Å². The molecule has 0 aliphatic heterocycles. The fourth-order valence-corrected chi connectivity index (χ4v) is 2.13. The van der Waals surface area contributed by atoms with E-state index in [-0.39, 0.29) is 0 Å². The van der Waals surface area contributed by atoms with Crippen molar-refractivity contribution in [2.75, 3.05) is 13.1 Å². The van der Waals surface area contributed by atoms with E-state index in [0.717, 1.165) is 18.9 Å².